The van der Waals surface area contributed by atoms with Crippen LogP contribution in [0.25, 0.3) is 76.9 Å². The SMILES string of the molecule is [2H]c1c([2H])c([2H])c(-c2cc(N(c3ccc4c(c3)C(C)(C)c3ccccc3-4)c3ccc4c(c3)C(C)(C)c3ccccc3-4)c3c(c2)oc2c4ccccc4c4ccccc4c23)c([2H])c1[2H]. The molecule has 0 saturated carbocycles. The molecular formula is C56H41NO. The molecule has 0 fully saturated rings. The number of nitrogens with zero attached hydrogens (tertiary/aromatic N) is 1. The second-order valence-electron chi connectivity index (χ2n) is 16.9. The van der Waals surface area contributed by atoms with Crippen molar-refractivity contribution in [2.45, 2.75) is 38.5 Å². The third-order valence-electron chi connectivity index (χ3n) is 13.1. The first-order chi connectivity index (χ1) is 30.4. The van der Waals surface area contributed by atoms with Gasteiger partial charge in [0.05, 0.1) is 17.9 Å². The molecule has 0 radical (unpaired) electrons. The summed E-state index contributed by atoms with van der Waals surface area (Å²) < 4.78 is 51.3. The van der Waals surface area contributed by atoms with Gasteiger partial charge in [-0.25, -0.2) is 0 Å². The van der Waals surface area contributed by atoms with E-state index < -0.39 is 6.04 Å². The van der Waals surface area contributed by atoms with Crippen LogP contribution in [0.4, 0.5) is 17.1 Å². The van der Waals surface area contributed by atoms with Crippen molar-refractivity contribution < 1.29 is 11.3 Å². The zero-order chi connectivity index (χ0) is 43.3. The van der Waals surface area contributed by atoms with Crippen LogP contribution in [-0.2, 0) is 10.8 Å². The smallest absolute Gasteiger partial charge is 0.143 e. The monoisotopic (exact) mass is 748 g/mol. The van der Waals surface area contributed by atoms with E-state index in [9.17, 15) is 2.74 Å². The minimum atomic E-state index is -0.429. The van der Waals surface area contributed by atoms with Crippen LogP contribution in [0.3, 0.4) is 0 Å². The van der Waals surface area contributed by atoms with Gasteiger partial charge in [-0.15, -0.1) is 0 Å². The van der Waals surface area contributed by atoms with Crippen molar-refractivity contribution in [2.24, 2.45) is 0 Å². The summed E-state index contributed by atoms with van der Waals surface area (Å²) in [5.41, 5.74) is 13.8. The molecule has 0 bridgehead atoms. The number of benzene rings is 9. The second kappa shape index (κ2) is 11.8. The molecule has 276 valence electrons. The van der Waals surface area contributed by atoms with Crippen LogP contribution in [-0.4, -0.2) is 0 Å². The Morgan fingerprint density at radius 2 is 0.948 bits per heavy atom. The first-order valence-electron chi connectivity index (χ1n) is 22.5. The highest BCUT2D eigenvalue weighted by Gasteiger charge is 2.38. The number of anilines is 3. The molecule has 2 aliphatic rings. The summed E-state index contributed by atoms with van der Waals surface area (Å²) in [6, 6.07) is 49.7. The summed E-state index contributed by atoms with van der Waals surface area (Å²) in [7, 11) is 0. The Bertz CT molecular complexity index is 3520. The fraction of sp³-hybridized carbons (Fsp3) is 0.107. The Kier molecular flexibility index (Phi) is 5.80. The van der Waals surface area contributed by atoms with Crippen molar-refractivity contribution in [3.8, 4) is 33.4 Å². The molecule has 0 unspecified atom stereocenters. The lowest BCUT2D eigenvalue weighted by Gasteiger charge is -2.30. The number of furan rings is 1. The van der Waals surface area contributed by atoms with Gasteiger partial charge in [-0.1, -0.05) is 167 Å². The Hall–Kier alpha value is -6.90. The quantitative estimate of drug-likeness (QED) is 0.167. The van der Waals surface area contributed by atoms with Gasteiger partial charge in [-0.2, -0.15) is 0 Å². The maximum Gasteiger partial charge on any atom is 0.143 e. The zero-order valence-corrected chi connectivity index (χ0v) is 32.7. The van der Waals surface area contributed by atoms with Crippen LogP contribution < -0.4 is 4.90 Å². The average Bonchev–Trinajstić information content (AvgIpc) is 3.88. The third kappa shape index (κ3) is 4.49. The van der Waals surface area contributed by atoms with E-state index in [-0.39, 0.29) is 40.6 Å². The molecule has 9 aromatic carbocycles. The first-order valence-corrected chi connectivity index (χ1v) is 20.0. The number of fused-ring (bicyclic) bond motifs is 14. The zero-order valence-electron chi connectivity index (χ0n) is 37.7. The standard InChI is InChI=1S/C56H41NO/c1-55(2)46-24-14-12-20-40(46)42-28-26-36(32-48(42)55)57(37-27-29-43-41-21-13-15-25-47(41)56(3,4)49(43)33-37)50-30-35(34-16-6-5-7-17-34)31-51-53(50)52-44-22-10-8-18-38(44)39-19-9-11-23-45(39)54(52)58-51/h5-33H,1-4H3/i5D,6D,7D,16D,17D. The van der Waals surface area contributed by atoms with E-state index in [1.165, 1.54) is 44.5 Å². The van der Waals surface area contributed by atoms with Crippen LogP contribution in [0.5, 0.6) is 0 Å². The number of hydrogen-bond acceptors (Lipinski definition) is 2. The Labute approximate surface area is 345 Å². The molecule has 1 aromatic heterocycles. The van der Waals surface area contributed by atoms with Gasteiger partial charge in [0.2, 0.25) is 0 Å². The lowest BCUT2D eigenvalue weighted by Crippen LogP contribution is -2.18. The lowest BCUT2D eigenvalue weighted by molar-refractivity contribution is 0.660. The predicted molar refractivity (Wildman–Crippen MR) is 244 cm³/mol. The minimum absolute atomic E-state index is 0.121. The van der Waals surface area contributed by atoms with E-state index in [0.717, 1.165) is 55.0 Å². The van der Waals surface area contributed by atoms with Crippen molar-refractivity contribution in [1.82, 2.24) is 0 Å². The number of hydrogen-bond donors (Lipinski definition) is 0. The normalized spacial score (nSPS) is 15.7. The lowest BCUT2D eigenvalue weighted by atomic mass is 9.82. The Morgan fingerprint density at radius 3 is 1.55 bits per heavy atom. The van der Waals surface area contributed by atoms with E-state index in [0.29, 0.717) is 11.1 Å². The molecule has 2 aliphatic carbocycles. The summed E-state index contributed by atoms with van der Waals surface area (Å²) in [6.45, 7) is 9.16. The van der Waals surface area contributed by atoms with Gasteiger partial charge in [0, 0.05) is 33.0 Å². The van der Waals surface area contributed by atoms with Crippen molar-refractivity contribution >= 4 is 60.5 Å². The second-order valence-corrected chi connectivity index (χ2v) is 16.9. The van der Waals surface area contributed by atoms with Crippen molar-refractivity contribution in [3.63, 3.8) is 0 Å². The van der Waals surface area contributed by atoms with Crippen LogP contribution in [0.15, 0.2) is 180 Å². The maximum absolute atomic E-state index is 9.18. The molecule has 0 saturated heterocycles. The molecule has 0 spiro atoms. The van der Waals surface area contributed by atoms with Gasteiger partial charge >= 0.3 is 0 Å². The Morgan fingerprint density at radius 1 is 0.448 bits per heavy atom. The van der Waals surface area contributed by atoms with Crippen molar-refractivity contribution in [3.05, 3.63) is 198 Å². The maximum atomic E-state index is 9.18. The van der Waals surface area contributed by atoms with Gasteiger partial charge in [0.1, 0.15) is 11.2 Å². The van der Waals surface area contributed by atoms with E-state index in [2.05, 4.69) is 154 Å². The van der Waals surface area contributed by atoms with Gasteiger partial charge in [-0.05, 0) is 108 Å². The fourth-order valence-corrected chi connectivity index (χ4v) is 10.3. The molecule has 2 nitrogen and oxygen atoms in total. The van der Waals surface area contributed by atoms with E-state index in [1.807, 2.05) is 24.3 Å². The summed E-state index contributed by atoms with van der Waals surface area (Å²) in [4.78, 5) is 2.30. The third-order valence-corrected chi connectivity index (χ3v) is 13.1. The molecule has 10 aromatic rings. The van der Waals surface area contributed by atoms with Crippen LogP contribution in [0.2, 0.25) is 0 Å². The average molecular weight is 749 g/mol. The summed E-state index contributed by atoms with van der Waals surface area (Å²) >= 11 is 0. The summed E-state index contributed by atoms with van der Waals surface area (Å²) in [5.74, 6) is 0. The number of rotatable bonds is 4. The molecule has 0 N–H and O–H groups in total. The highest BCUT2D eigenvalue weighted by molar-refractivity contribution is 6.32. The molecule has 58 heavy (non-hydrogen) atoms. The first kappa shape index (κ1) is 28.5. The fourth-order valence-electron chi connectivity index (χ4n) is 10.3. The van der Waals surface area contributed by atoms with E-state index >= 15 is 0 Å². The van der Waals surface area contributed by atoms with Crippen molar-refractivity contribution in [2.75, 3.05) is 4.90 Å². The summed E-state index contributed by atoms with van der Waals surface area (Å²) in [5, 5.41) is 6.01. The highest BCUT2D eigenvalue weighted by atomic mass is 16.3. The van der Waals surface area contributed by atoms with Crippen LogP contribution >= 0.6 is 0 Å². The Balaban J connectivity index is 1.24. The predicted octanol–water partition coefficient (Wildman–Crippen LogP) is 15.6. The van der Waals surface area contributed by atoms with Gasteiger partial charge < -0.3 is 9.32 Å². The largest absolute Gasteiger partial charge is 0.455 e. The molecule has 2 heteroatoms. The molecule has 0 atom stereocenters. The molecular weight excluding hydrogens is 703 g/mol. The highest BCUT2D eigenvalue weighted by Crippen LogP contribution is 2.55. The minimum Gasteiger partial charge on any atom is -0.455 e. The van der Waals surface area contributed by atoms with Crippen molar-refractivity contribution in [1.29, 1.82) is 0 Å². The van der Waals surface area contributed by atoms with Crippen LogP contribution in [0, 0.1) is 0 Å². The summed E-state index contributed by atoms with van der Waals surface area (Å²) in [6.07, 6.45) is 0. The van der Waals surface area contributed by atoms with E-state index in [4.69, 9.17) is 8.53 Å². The molecule has 12 rings (SSSR count). The molecule has 1 heterocycles. The van der Waals surface area contributed by atoms with E-state index in [1.54, 1.807) is 0 Å². The topological polar surface area (TPSA) is 16.4 Å². The molecule has 0 amide bonds. The van der Waals surface area contributed by atoms with Crippen LogP contribution in [0.1, 0.15) is 56.8 Å². The van der Waals surface area contributed by atoms with Gasteiger partial charge in [0.25, 0.3) is 0 Å². The van der Waals surface area contributed by atoms with Gasteiger partial charge in [-0.3, -0.25) is 0 Å². The van der Waals surface area contributed by atoms with Gasteiger partial charge in [0.15, 0.2) is 0 Å². The molecule has 0 aliphatic heterocycles.